The van der Waals surface area contributed by atoms with Gasteiger partial charge in [0.1, 0.15) is 11.4 Å². The monoisotopic (exact) mass is 380 g/mol. The van der Waals surface area contributed by atoms with Gasteiger partial charge in [-0.25, -0.2) is 0 Å². The molecule has 4 atom stereocenters. The van der Waals surface area contributed by atoms with E-state index in [9.17, 15) is 9.90 Å². The number of fused-ring (bicyclic) bond motifs is 3. The van der Waals surface area contributed by atoms with Gasteiger partial charge >= 0.3 is 5.97 Å². The average Bonchev–Trinajstić information content (AvgIpc) is 2.68. The second-order valence-electron chi connectivity index (χ2n) is 8.49. The first-order valence-corrected chi connectivity index (χ1v) is 10.2. The maximum absolute atomic E-state index is 11.9. The smallest absolute Gasteiger partial charge is 0.309 e. The fourth-order valence-corrected chi connectivity index (χ4v) is 4.71. The number of ether oxygens (including phenoxy) is 2. The van der Waals surface area contributed by atoms with Crippen LogP contribution >= 0.6 is 0 Å². The number of hydrogen-bond donors (Lipinski definition) is 1. The van der Waals surface area contributed by atoms with E-state index < -0.39 is 17.5 Å². The van der Waals surface area contributed by atoms with Crippen LogP contribution in [0.3, 0.4) is 0 Å². The van der Waals surface area contributed by atoms with Gasteiger partial charge in [-0.1, -0.05) is 49.7 Å². The van der Waals surface area contributed by atoms with Gasteiger partial charge in [0.25, 0.3) is 0 Å². The van der Waals surface area contributed by atoms with Crippen LogP contribution in [0.25, 0.3) is 11.1 Å². The third-order valence-corrected chi connectivity index (χ3v) is 6.22. The number of rotatable bonds is 4. The van der Waals surface area contributed by atoms with Gasteiger partial charge in [0.2, 0.25) is 0 Å². The van der Waals surface area contributed by atoms with Crippen molar-refractivity contribution >= 4 is 5.97 Å². The van der Waals surface area contributed by atoms with Crippen LogP contribution in [0.1, 0.15) is 51.7 Å². The largest absolute Gasteiger partial charge is 0.487 e. The van der Waals surface area contributed by atoms with Crippen molar-refractivity contribution in [3.63, 3.8) is 0 Å². The molecule has 4 nitrogen and oxygen atoms in total. The Morgan fingerprint density at radius 1 is 1.14 bits per heavy atom. The summed E-state index contributed by atoms with van der Waals surface area (Å²) >= 11 is 0. The van der Waals surface area contributed by atoms with Crippen molar-refractivity contribution in [2.24, 2.45) is 11.8 Å². The van der Waals surface area contributed by atoms with E-state index >= 15 is 0 Å². The Balaban J connectivity index is 1.76. The van der Waals surface area contributed by atoms with E-state index in [0.717, 1.165) is 35.3 Å². The molecule has 0 spiro atoms. The molecule has 148 valence electrons. The molecule has 0 radical (unpaired) electrons. The molecule has 1 saturated heterocycles. The maximum Gasteiger partial charge on any atom is 0.309 e. The number of aliphatic carboxylic acids is 1. The lowest BCUT2D eigenvalue weighted by Crippen LogP contribution is -2.52. The van der Waals surface area contributed by atoms with Gasteiger partial charge in [-0.2, -0.15) is 0 Å². The van der Waals surface area contributed by atoms with Crippen LogP contribution in [0.2, 0.25) is 0 Å². The number of benzene rings is 2. The van der Waals surface area contributed by atoms with Crippen molar-refractivity contribution in [1.82, 2.24) is 0 Å². The predicted molar refractivity (Wildman–Crippen MR) is 108 cm³/mol. The highest BCUT2D eigenvalue weighted by Crippen LogP contribution is 2.53. The Morgan fingerprint density at radius 3 is 2.57 bits per heavy atom. The molecular weight excluding hydrogens is 352 g/mol. The Kier molecular flexibility index (Phi) is 4.92. The SMILES string of the molecule is CCC[C@H]1O[C@H]2c3cc(-c4ccccc4)ccc3OC(C)(C)[C@@H]2C[C@@H]1C(=O)O. The van der Waals surface area contributed by atoms with E-state index in [0.29, 0.717) is 6.42 Å². The molecular formula is C24H28O4. The number of carbonyl (C=O) groups is 1. The van der Waals surface area contributed by atoms with Gasteiger partial charge in [0, 0.05) is 11.5 Å². The quantitative estimate of drug-likeness (QED) is 0.764. The summed E-state index contributed by atoms with van der Waals surface area (Å²) in [5.74, 6) is -0.408. The Morgan fingerprint density at radius 2 is 1.89 bits per heavy atom. The summed E-state index contributed by atoms with van der Waals surface area (Å²) in [7, 11) is 0. The number of hydrogen-bond acceptors (Lipinski definition) is 3. The summed E-state index contributed by atoms with van der Waals surface area (Å²) < 4.78 is 12.8. The summed E-state index contributed by atoms with van der Waals surface area (Å²) in [5, 5.41) is 9.76. The van der Waals surface area contributed by atoms with Crippen molar-refractivity contribution < 1.29 is 19.4 Å². The van der Waals surface area contributed by atoms with Crippen LogP contribution in [-0.4, -0.2) is 22.8 Å². The van der Waals surface area contributed by atoms with Crippen molar-refractivity contribution in [2.45, 2.75) is 57.8 Å². The van der Waals surface area contributed by atoms with E-state index in [-0.39, 0.29) is 18.1 Å². The summed E-state index contributed by atoms with van der Waals surface area (Å²) in [6.07, 6.45) is 1.84. The second kappa shape index (κ2) is 7.25. The molecule has 2 aliphatic rings. The molecule has 0 saturated carbocycles. The standard InChI is InChI=1S/C24H28O4/c1-4-8-20-18(23(25)26)14-19-22(27-20)17-13-16(15-9-6-5-7-10-15)11-12-21(17)28-24(19,2)3/h5-7,9-13,18-20,22H,4,8,14H2,1-3H3,(H,25,26)/t18-,19+,20+,22-/m0/s1. The van der Waals surface area contributed by atoms with Gasteiger partial charge < -0.3 is 14.6 Å². The van der Waals surface area contributed by atoms with Gasteiger partial charge in [-0.3, -0.25) is 4.79 Å². The normalized spacial score (nSPS) is 28.0. The van der Waals surface area contributed by atoms with Crippen LogP contribution < -0.4 is 4.74 Å². The molecule has 0 bridgehead atoms. The lowest BCUT2D eigenvalue weighted by molar-refractivity contribution is -0.188. The van der Waals surface area contributed by atoms with Crippen molar-refractivity contribution in [1.29, 1.82) is 0 Å². The minimum atomic E-state index is -0.767. The third kappa shape index (κ3) is 3.30. The lowest BCUT2D eigenvalue weighted by atomic mass is 9.71. The lowest BCUT2D eigenvalue weighted by Gasteiger charge is -2.50. The molecule has 2 aromatic rings. The van der Waals surface area contributed by atoms with E-state index in [4.69, 9.17) is 9.47 Å². The van der Waals surface area contributed by atoms with Gasteiger partial charge in [-0.05, 0) is 49.9 Å². The van der Waals surface area contributed by atoms with E-state index in [1.807, 2.05) is 38.1 Å². The van der Waals surface area contributed by atoms with Gasteiger partial charge in [0.05, 0.1) is 18.1 Å². The summed E-state index contributed by atoms with van der Waals surface area (Å²) in [5.41, 5.74) is 2.83. The number of carboxylic acids is 1. The topological polar surface area (TPSA) is 55.8 Å². The van der Waals surface area contributed by atoms with Gasteiger partial charge in [-0.15, -0.1) is 0 Å². The molecule has 28 heavy (non-hydrogen) atoms. The second-order valence-corrected chi connectivity index (χ2v) is 8.49. The van der Waals surface area contributed by atoms with Crippen molar-refractivity contribution in [2.75, 3.05) is 0 Å². The molecule has 4 rings (SSSR count). The highest BCUT2D eigenvalue weighted by molar-refractivity contribution is 5.71. The average molecular weight is 380 g/mol. The molecule has 1 fully saturated rings. The number of carboxylic acid groups (broad SMARTS) is 1. The molecule has 2 aromatic carbocycles. The first-order chi connectivity index (χ1) is 13.4. The highest BCUT2D eigenvalue weighted by Gasteiger charge is 2.51. The van der Waals surface area contributed by atoms with Crippen LogP contribution in [0.15, 0.2) is 48.5 Å². The summed E-state index contributed by atoms with van der Waals surface area (Å²) in [4.78, 5) is 11.9. The molecule has 1 N–H and O–H groups in total. The molecule has 4 heteroatoms. The summed E-state index contributed by atoms with van der Waals surface area (Å²) in [6.45, 7) is 6.16. The fourth-order valence-electron chi connectivity index (χ4n) is 4.71. The minimum Gasteiger partial charge on any atom is -0.487 e. The zero-order chi connectivity index (χ0) is 19.9. The summed E-state index contributed by atoms with van der Waals surface area (Å²) in [6, 6.07) is 16.5. The van der Waals surface area contributed by atoms with Gasteiger partial charge in [0.15, 0.2) is 0 Å². The maximum atomic E-state index is 11.9. The molecule has 0 unspecified atom stereocenters. The van der Waals surface area contributed by atoms with Crippen LogP contribution in [0.4, 0.5) is 0 Å². The molecule has 2 heterocycles. The third-order valence-electron chi connectivity index (χ3n) is 6.22. The first-order valence-electron chi connectivity index (χ1n) is 10.2. The Hall–Kier alpha value is -2.33. The predicted octanol–water partition coefficient (Wildman–Crippen LogP) is 5.47. The molecule has 2 aliphatic heterocycles. The van der Waals surface area contributed by atoms with Crippen molar-refractivity contribution in [3.05, 3.63) is 54.1 Å². The van der Waals surface area contributed by atoms with E-state index in [2.05, 4.69) is 31.2 Å². The molecule has 0 amide bonds. The van der Waals surface area contributed by atoms with E-state index in [1.54, 1.807) is 0 Å². The zero-order valence-corrected chi connectivity index (χ0v) is 16.7. The molecule has 0 aliphatic carbocycles. The van der Waals surface area contributed by atoms with Crippen molar-refractivity contribution in [3.8, 4) is 16.9 Å². The van der Waals surface area contributed by atoms with Crippen LogP contribution in [0.5, 0.6) is 5.75 Å². The Labute approximate surface area is 166 Å². The first kappa shape index (κ1) is 19.0. The minimum absolute atomic E-state index is 0.000212. The Bertz CT molecular complexity index is 858. The van der Waals surface area contributed by atoms with Crippen LogP contribution in [0, 0.1) is 11.8 Å². The zero-order valence-electron chi connectivity index (χ0n) is 16.7. The van der Waals surface area contributed by atoms with Crippen LogP contribution in [-0.2, 0) is 9.53 Å². The highest BCUT2D eigenvalue weighted by atomic mass is 16.5. The fraction of sp³-hybridized carbons (Fsp3) is 0.458. The van der Waals surface area contributed by atoms with E-state index in [1.165, 1.54) is 0 Å². The molecule has 0 aromatic heterocycles.